The molecule has 0 aliphatic rings. The fraction of sp³-hybridized carbons (Fsp3) is 0.0909. The highest BCUT2D eigenvalue weighted by molar-refractivity contribution is 5.60. The van der Waals surface area contributed by atoms with Gasteiger partial charge in [0.1, 0.15) is 6.33 Å². The van der Waals surface area contributed by atoms with Crippen LogP contribution in [0.1, 0.15) is 5.56 Å². The normalized spacial score (nSPS) is 10.1. The number of hydrogen-bond acceptors (Lipinski definition) is 2. The van der Waals surface area contributed by atoms with Crippen LogP contribution < -0.4 is 0 Å². The lowest BCUT2D eigenvalue weighted by Gasteiger charge is -1.96. The molecule has 0 saturated carbocycles. The van der Waals surface area contributed by atoms with Crippen LogP contribution in [-0.4, -0.2) is 14.8 Å². The number of aromatic nitrogens is 3. The van der Waals surface area contributed by atoms with E-state index < -0.39 is 0 Å². The molecular weight excluding hydrogens is 174 g/mol. The van der Waals surface area contributed by atoms with E-state index in [0.717, 1.165) is 17.0 Å². The summed E-state index contributed by atoms with van der Waals surface area (Å²) in [5.41, 5.74) is 2.10. The van der Waals surface area contributed by atoms with Crippen molar-refractivity contribution in [3.05, 3.63) is 42.7 Å². The number of nitrogens with zero attached hydrogens (tertiary/aromatic N) is 3. The van der Waals surface area contributed by atoms with Gasteiger partial charge in [0.05, 0.1) is 0 Å². The summed E-state index contributed by atoms with van der Waals surface area (Å²) in [7, 11) is 1.86. The molecule has 0 spiro atoms. The van der Waals surface area contributed by atoms with Crippen LogP contribution in [-0.2, 0) is 7.05 Å². The van der Waals surface area contributed by atoms with Crippen molar-refractivity contribution in [1.29, 1.82) is 0 Å². The molecule has 0 radical (unpaired) electrons. The van der Waals surface area contributed by atoms with Gasteiger partial charge in [0.25, 0.3) is 0 Å². The second-order valence-corrected chi connectivity index (χ2v) is 3.07. The minimum Gasteiger partial charge on any atom is -0.255 e. The second kappa shape index (κ2) is 3.46. The third-order valence-corrected chi connectivity index (χ3v) is 1.98. The molecule has 3 nitrogen and oxygen atoms in total. The van der Waals surface area contributed by atoms with E-state index >= 15 is 0 Å². The SMILES string of the molecule is C=Cc1cccc(-c2ncn(C)n2)c1. The van der Waals surface area contributed by atoms with Crippen LogP contribution in [0.25, 0.3) is 17.5 Å². The lowest BCUT2D eigenvalue weighted by Crippen LogP contribution is -1.88. The van der Waals surface area contributed by atoms with Gasteiger partial charge in [0.15, 0.2) is 5.82 Å². The maximum absolute atomic E-state index is 4.23. The maximum Gasteiger partial charge on any atom is 0.181 e. The average molecular weight is 185 g/mol. The van der Waals surface area contributed by atoms with Crippen molar-refractivity contribution in [2.24, 2.45) is 7.05 Å². The van der Waals surface area contributed by atoms with E-state index in [9.17, 15) is 0 Å². The fourth-order valence-corrected chi connectivity index (χ4v) is 1.28. The van der Waals surface area contributed by atoms with Crippen LogP contribution >= 0.6 is 0 Å². The van der Waals surface area contributed by atoms with E-state index in [1.807, 2.05) is 37.4 Å². The van der Waals surface area contributed by atoms with Gasteiger partial charge in [0, 0.05) is 12.6 Å². The Morgan fingerprint density at radius 3 is 2.93 bits per heavy atom. The summed E-state index contributed by atoms with van der Waals surface area (Å²) in [6.07, 6.45) is 3.50. The predicted octanol–water partition coefficient (Wildman–Crippen LogP) is 2.13. The fourth-order valence-electron chi connectivity index (χ4n) is 1.28. The van der Waals surface area contributed by atoms with E-state index in [4.69, 9.17) is 0 Å². The topological polar surface area (TPSA) is 30.7 Å². The molecule has 3 heteroatoms. The van der Waals surface area contributed by atoms with E-state index in [1.165, 1.54) is 0 Å². The van der Waals surface area contributed by atoms with Crippen LogP contribution in [0.5, 0.6) is 0 Å². The van der Waals surface area contributed by atoms with Gasteiger partial charge in [-0.3, -0.25) is 4.68 Å². The number of aryl methyl sites for hydroxylation is 1. The molecule has 70 valence electrons. The van der Waals surface area contributed by atoms with Crippen LogP contribution in [0.4, 0.5) is 0 Å². The Balaban J connectivity index is 2.46. The van der Waals surface area contributed by atoms with Crippen LogP contribution in [0.15, 0.2) is 37.2 Å². The van der Waals surface area contributed by atoms with Gasteiger partial charge in [-0.15, -0.1) is 0 Å². The number of rotatable bonds is 2. The van der Waals surface area contributed by atoms with Crippen LogP contribution in [0.2, 0.25) is 0 Å². The summed E-state index contributed by atoms with van der Waals surface area (Å²) < 4.78 is 1.69. The average Bonchev–Trinajstić information content (AvgIpc) is 2.65. The molecule has 2 aromatic rings. The first-order valence-electron chi connectivity index (χ1n) is 4.38. The molecule has 14 heavy (non-hydrogen) atoms. The third kappa shape index (κ3) is 1.57. The van der Waals surface area contributed by atoms with Gasteiger partial charge in [-0.05, 0) is 11.6 Å². The Kier molecular flexibility index (Phi) is 2.14. The van der Waals surface area contributed by atoms with Crippen molar-refractivity contribution in [3.8, 4) is 11.4 Å². The van der Waals surface area contributed by atoms with E-state index in [1.54, 1.807) is 11.0 Å². The molecule has 0 aliphatic carbocycles. The Morgan fingerprint density at radius 1 is 1.43 bits per heavy atom. The third-order valence-electron chi connectivity index (χ3n) is 1.98. The smallest absolute Gasteiger partial charge is 0.181 e. The summed E-state index contributed by atoms with van der Waals surface area (Å²) in [5.74, 6) is 0.746. The maximum atomic E-state index is 4.23. The van der Waals surface area contributed by atoms with Gasteiger partial charge >= 0.3 is 0 Å². The van der Waals surface area contributed by atoms with Crippen molar-refractivity contribution in [2.45, 2.75) is 0 Å². The first kappa shape index (κ1) is 8.69. The summed E-state index contributed by atoms with van der Waals surface area (Å²) in [6.45, 7) is 3.72. The van der Waals surface area contributed by atoms with Gasteiger partial charge in [-0.2, -0.15) is 5.10 Å². The molecule has 0 bridgehead atoms. The lowest BCUT2D eigenvalue weighted by atomic mass is 10.1. The Bertz CT molecular complexity index is 457. The molecule has 1 aromatic heterocycles. The molecule has 0 saturated heterocycles. The van der Waals surface area contributed by atoms with Gasteiger partial charge in [-0.25, -0.2) is 4.98 Å². The molecule has 0 fully saturated rings. The number of hydrogen-bond donors (Lipinski definition) is 0. The Morgan fingerprint density at radius 2 is 2.29 bits per heavy atom. The van der Waals surface area contributed by atoms with Crippen molar-refractivity contribution in [3.63, 3.8) is 0 Å². The van der Waals surface area contributed by atoms with Crippen molar-refractivity contribution in [2.75, 3.05) is 0 Å². The van der Waals surface area contributed by atoms with Crippen LogP contribution in [0.3, 0.4) is 0 Å². The van der Waals surface area contributed by atoms with Gasteiger partial charge in [-0.1, -0.05) is 30.9 Å². The lowest BCUT2D eigenvalue weighted by molar-refractivity contribution is 0.768. The molecule has 0 amide bonds. The Labute approximate surface area is 82.7 Å². The van der Waals surface area contributed by atoms with E-state index in [0.29, 0.717) is 0 Å². The molecular formula is C11H11N3. The summed E-state index contributed by atoms with van der Waals surface area (Å²) >= 11 is 0. The van der Waals surface area contributed by atoms with Gasteiger partial charge < -0.3 is 0 Å². The standard InChI is InChI=1S/C11H11N3/c1-3-9-5-4-6-10(7-9)11-12-8-14(2)13-11/h3-8H,1H2,2H3. The van der Waals surface area contributed by atoms with Gasteiger partial charge in [0.2, 0.25) is 0 Å². The van der Waals surface area contributed by atoms with Crippen molar-refractivity contribution < 1.29 is 0 Å². The first-order chi connectivity index (χ1) is 6.79. The molecule has 0 atom stereocenters. The minimum absolute atomic E-state index is 0.746. The molecule has 0 unspecified atom stereocenters. The zero-order valence-electron chi connectivity index (χ0n) is 8.01. The van der Waals surface area contributed by atoms with E-state index in [2.05, 4.69) is 16.7 Å². The largest absolute Gasteiger partial charge is 0.255 e. The highest BCUT2D eigenvalue weighted by Crippen LogP contribution is 2.16. The predicted molar refractivity (Wildman–Crippen MR) is 56.5 cm³/mol. The van der Waals surface area contributed by atoms with Crippen LogP contribution in [0, 0.1) is 0 Å². The first-order valence-corrected chi connectivity index (χ1v) is 4.38. The van der Waals surface area contributed by atoms with Crippen molar-refractivity contribution in [1.82, 2.24) is 14.8 Å². The molecule has 0 aliphatic heterocycles. The molecule has 0 N–H and O–H groups in total. The zero-order chi connectivity index (χ0) is 9.97. The molecule has 2 rings (SSSR count). The highest BCUT2D eigenvalue weighted by Gasteiger charge is 2.01. The Hall–Kier alpha value is -1.90. The number of benzene rings is 1. The summed E-state index contributed by atoms with van der Waals surface area (Å²) in [5, 5.41) is 4.23. The monoisotopic (exact) mass is 185 g/mol. The van der Waals surface area contributed by atoms with E-state index in [-0.39, 0.29) is 0 Å². The summed E-state index contributed by atoms with van der Waals surface area (Å²) in [6, 6.07) is 7.98. The summed E-state index contributed by atoms with van der Waals surface area (Å²) in [4.78, 5) is 4.18. The zero-order valence-corrected chi connectivity index (χ0v) is 8.01. The molecule has 1 aromatic carbocycles. The highest BCUT2D eigenvalue weighted by atomic mass is 15.3. The minimum atomic E-state index is 0.746. The second-order valence-electron chi connectivity index (χ2n) is 3.07. The van der Waals surface area contributed by atoms with Crippen molar-refractivity contribution >= 4 is 6.08 Å². The quantitative estimate of drug-likeness (QED) is 0.717. The molecule has 1 heterocycles.